The number of hydrogen-bond donors (Lipinski definition) is 1. The first kappa shape index (κ1) is 14.1. The van der Waals surface area contributed by atoms with Crippen LogP contribution in [0.2, 0.25) is 0 Å². The molecule has 5 heteroatoms. The van der Waals surface area contributed by atoms with E-state index in [4.69, 9.17) is 10.5 Å². The summed E-state index contributed by atoms with van der Waals surface area (Å²) in [5.41, 5.74) is 8.82. The summed E-state index contributed by atoms with van der Waals surface area (Å²) in [4.78, 5) is 0. The number of nitrogens with zero attached hydrogens (tertiary/aromatic N) is 2. The summed E-state index contributed by atoms with van der Waals surface area (Å²) in [5.74, 6) is 0.852. The lowest BCUT2D eigenvalue weighted by molar-refractivity contribution is 0.287. The van der Waals surface area contributed by atoms with E-state index in [-0.39, 0.29) is 0 Å². The molecule has 1 heterocycles. The van der Waals surface area contributed by atoms with Crippen molar-refractivity contribution in [3.05, 3.63) is 45.7 Å². The second-order valence-electron chi connectivity index (χ2n) is 4.37. The van der Waals surface area contributed by atoms with E-state index in [1.807, 2.05) is 42.8 Å². The highest BCUT2D eigenvalue weighted by molar-refractivity contribution is 9.10. The number of nitrogens with two attached hydrogens (primary N) is 1. The molecular weight excluding hydrogens is 306 g/mol. The molecule has 1 aromatic heterocycles. The minimum absolute atomic E-state index is 0.488. The molecule has 19 heavy (non-hydrogen) atoms. The predicted molar refractivity (Wildman–Crippen MR) is 79.2 cm³/mol. The van der Waals surface area contributed by atoms with Gasteiger partial charge in [0.2, 0.25) is 0 Å². The van der Waals surface area contributed by atoms with Crippen LogP contribution in [0.15, 0.2) is 28.7 Å². The Morgan fingerprint density at radius 3 is 2.68 bits per heavy atom. The van der Waals surface area contributed by atoms with Crippen LogP contribution >= 0.6 is 15.9 Å². The smallest absolute Gasteiger partial charge is 0.123 e. The molecule has 0 atom stereocenters. The maximum absolute atomic E-state index is 5.78. The summed E-state index contributed by atoms with van der Waals surface area (Å²) in [6, 6.07) is 7.84. The molecule has 0 radical (unpaired) electrons. The third kappa shape index (κ3) is 3.16. The van der Waals surface area contributed by atoms with Crippen LogP contribution in [0.3, 0.4) is 0 Å². The van der Waals surface area contributed by atoms with Gasteiger partial charge >= 0.3 is 0 Å². The van der Waals surface area contributed by atoms with Crippen molar-refractivity contribution in [2.75, 3.05) is 6.61 Å². The van der Waals surface area contributed by atoms with Crippen molar-refractivity contribution in [3.63, 3.8) is 0 Å². The normalized spacial score (nSPS) is 10.7. The third-order valence-electron chi connectivity index (χ3n) is 3.05. The first-order valence-corrected chi connectivity index (χ1v) is 7.03. The van der Waals surface area contributed by atoms with Gasteiger partial charge < -0.3 is 10.5 Å². The number of aromatic nitrogens is 2. The lowest BCUT2D eigenvalue weighted by Gasteiger charge is -2.10. The van der Waals surface area contributed by atoms with E-state index in [9.17, 15) is 0 Å². The SMILES string of the molecule is Cc1nn(CCOc2ccccc2CN)c(C)c1Br. The van der Waals surface area contributed by atoms with Crippen LogP contribution in [0.25, 0.3) is 0 Å². The molecule has 0 aliphatic carbocycles. The number of aryl methyl sites for hydroxylation is 1. The van der Waals surface area contributed by atoms with Gasteiger partial charge in [-0.2, -0.15) is 5.10 Å². The Balaban J connectivity index is 1.98. The van der Waals surface area contributed by atoms with E-state index in [1.165, 1.54) is 0 Å². The topological polar surface area (TPSA) is 53.1 Å². The van der Waals surface area contributed by atoms with Gasteiger partial charge in [0.15, 0.2) is 0 Å². The molecule has 0 saturated heterocycles. The number of benzene rings is 1. The second kappa shape index (κ2) is 6.21. The van der Waals surface area contributed by atoms with Crippen molar-refractivity contribution < 1.29 is 4.74 Å². The van der Waals surface area contributed by atoms with Gasteiger partial charge in [-0.3, -0.25) is 4.68 Å². The third-order valence-corrected chi connectivity index (χ3v) is 4.19. The van der Waals surface area contributed by atoms with Gasteiger partial charge in [0.05, 0.1) is 16.7 Å². The van der Waals surface area contributed by atoms with E-state index >= 15 is 0 Å². The molecule has 0 spiro atoms. The quantitative estimate of drug-likeness (QED) is 0.920. The fourth-order valence-electron chi connectivity index (χ4n) is 1.95. The van der Waals surface area contributed by atoms with E-state index in [2.05, 4.69) is 21.0 Å². The number of hydrogen-bond acceptors (Lipinski definition) is 3. The number of para-hydroxylation sites is 1. The van der Waals surface area contributed by atoms with Crippen LogP contribution in [0.4, 0.5) is 0 Å². The fourth-order valence-corrected chi connectivity index (χ4v) is 2.23. The molecule has 0 amide bonds. The first-order valence-electron chi connectivity index (χ1n) is 6.23. The van der Waals surface area contributed by atoms with E-state index in [0.29, 0.717) is 13.2 Å². The highest BCUT2D eigenvalue weighted by Crippen LogP contribution is 2.20. The van der Waals surface area contributed by atoms with Crippen molar-refractivity contribution in [2.24, 2.45) is 5.73 Å². The van der Waals surface area contributed by atoms with Gasteiger partial charge in [0.25, 0.3) is 0 Å². The summed E-state index contributed by atoms with van der Waals surface area (Å²) < 4.78 is 8.79. The standard InChI is InChI=1S/C14H18BrN3O/c1-10-14(15)11(2)18(17-10)7-8-19-13-6-4-3-5-12(13)9-16/h3-6H,7-9,16H2,1-2H3. The Hall–Kier alpha value is -1.33. The van der Waals surface area contributed by atoms with Crippen molar-refractivity contribution >= 4 is 15.9 Å². The van der Waals surface area contributed by atoms with Crippen LogP contribution < -0.4 is 10.5 Å². The van der Waals surface area contributed by atoms with Crippen LogP contribution in [0.5, 0.6) is 5.75 Å². The van der Waals surface area contributed by atoms with Gasteiger partial charge in [0.1, 0.15) is 12.4 Å². The zero-order valence-corrected chi connectivity index (χ0v) is 12.8. The van der Waals surface area contributed by atoms with Crippen molar-refractivity contribution in [2.45, 2.75) is 26.9 Å². The number of ether oxygens (including phenoxy) is 1. The Morgan fingerprint density at radius 2 is 2.05 bits per heavy atom. The Bertz CT molecular complexity index is 566. The van der Waals surface area contributed by atoms with Crippen LogP contribution in [0.1, 0.15) is 17.0 Å². The molecule has 2 aromatic rings. The summed E-state index contributed by atoms with van der Waals surface area (Å²) in [6.45, 7) is 5.81. The highest BCUT2D eigenvalue weighted by atomic mass is 79.9. The summed E-state index contributed by atoms with van der Waals surface area (Å²) in [7, 11) is 0. The van der Waals surface area contributed by atoms with Gasteiger partial charge in [-0.15, -0.1) is 0 Å². The lowest BCUT2D eigenvalue weighted by Crippen LogP contribution is -2.12. The summed E-state index contributed by atoms with van der Waals surface area (Å²) in [5, 5.41) is 4.45. The predicted octanol–water partition coefficient (Wildman–Crippen LogP) is 2.80. The molecule has 2 rings (SSSR count). The Morgan fingerprint density at radius 1 is 1.32 bits per heavy atom. The molecule has 4 nitrogen and oxygen atoms in total. The lowest BCUT2D eigenvalue weighted by atomic mass is 10.2. The van der Waals surface area contributed by atoms with E-state index < -0.39 is 0 Å². The van der Waals surface area contributed by atoms with Crippen LogP contribution in [-0.2, 0) is 13.1 Å². The highest BCUT2D eigenvalue weighted by Gasteiger charge is 2.08. The molecule has 0 bridgehead atoms. The van der Waals surface area contributed by atoms with Gasteiger partial charge in [-0.25, -0.2) is 0 Å². The Kier molecular flexibility index (Phi) is 4.61. The average Bonchev–Trinajstić information content (AvgIpc) is 2.67. The molecule has 0 unspecified atom stereocenters. The van der Waals surface area contributed by atoms with E-state index in [0.717, 1.165) is 33.7 Å². The molecule has 0 fully saturated rings. The zero-order valence-electron chi connectivity index (χ0n) is 11.2. The van der Waals surface area contributed by atoms with E-state index in [1.54, 1.807) is 0 Å². The van der Waals surface area contributed by atoms with Crippen molar-refractivity contribution in [1.29, 1.82) is 0 Å². The zero-order chi connectivity index (χ0) is 13.8. The molecular formula is C14H18BrN3O. The molecule has 0 aliphatic heterocycles. The molecule has 0 saturated carbocycles. The minimum Gasteiger partial charge on any atom is -0.491 e. The molecule has 1 aromatic carbocycles. The number of halogens is 1. The minimum atomic E-state index is 0.488. The molecule has 2 N–H and O–H groups in total. The summed E-state index contributed by atoms with van der Waals surface area (Å²) in [6.07, 6.45) is 0. The number of rotatable bonds is 5. The largest absolute Gasteiger partial charge is 0.491 e. The summed E-state index contributed by atoms with van der Waals surface area (Å²) >= 11 is 3.52. The maximum atomic E-state index is 5.78. The molecule has 0 aliphatic rings. The van der Waals surface area contributed by atoms with Gasteiger partial charge in [0, 0.05) is 17.8 Å². The fraction of sp³-hybridized carbons (Fsp3) is 0.357. The monoisotopic (exact) mass is 323 g/mol. The maximum Gasteiger partial charge on any atom is 0.123 e. The Labute approximate surface area is 121 Å². The second-order valence-corrected chi connectivity index (χ2v) is 5.16. The average molecular weight is 324 g/mol. The van der Waals surface area contributed by atoms with Crippen LogP contribution in [0, 0.1) is 13.8 Å². The first-order chi connectivity index (χ1) is 9.13. The molecule has 102 valence electrons. The van der Waals surface area contributed by atoms with Crippen molar-refractivity contribution in [3.8, 4) is 5.75 Å². The van der Waals surface area contributed by atoms with Crippen molar-refractivity contribution in [1.82, 2.24) is 9.78 Å². The van der Waals surface area contributed by atoms with Crippen LogP contribution in [-0.4, -0.2) is 16.4 Å². The van der Waals surface area contributed by atoms with Gasteiger partial charge in [-0.1, -0.05) is 18.2 Å². The van der Waals surface area contributed by atoms with Gasteiger partial charge in [-0.05, 0) is 35.8 Å².